The summed E-state index contributed by atoms with van der Waals surface area (Å²) in [5.74, 6) is 1.29. The highest BCUT2D eigenvalue weighted by molar-refractivity contribution is 5.72. The Morgan fingerprint density at radius 3 is 1.90 bits per heavy atom. The van der Waals surface area contributed by atoms with Crippen LogP contribution in [0.2, 0.25) is 0 Å². The van der Waals surface area contributed by atoms with E-state index in [1.54, 1.807) is 0 Å². The fraction of sp³-hybridized carbons (Fsp3) is 0.632. The van der Waals surface area contributed by atoms with Gasteiger partial charge in [-0.3, -0.25) is 4.79 Å². The number of hydrogen-bond acceptors (Lipinski definition) is 2. The minimum atomic E-state index is -0.0276. The van der Waals surface area contributed by atoms with Crippen LogP contribution in [-0.2, 0) is 16.1 Å². The number of hydrogen-bond donors (Lipinski definition) is 0. The van der Waals surface area contributed by atoms with Crippen molar-refractivity contribution >= 4 is 5.97 Å². The summed E-state index contributed by atoms with van der Waals surface area (Å²) in [6.45, 7) is 9.20. The molecule has 1 aromatic rings. The Hall–Kier alpha value is -1.31. The summed E-state index contributed by atoms with van der Waals surface area (Å²) >= 11 is 0. The van der Waals surface area contributed by atoms with Gasteiger partial charge in [-0.15, -0.1) is 0 Å². The molecule has 118 valence electrons. The summed E-state index contributed by atoms with van der Waals surface area (Å²) in [6, 6.07) is 9.89. The summed E-state index contributed by atoms with van der Waals surface area (Å²) in [4.78, 5) is 12.3. The summed E-state index contributed by atoms with van der Waals surface area (Å²) in [5, 5.41) is 0. The SMILES string of the molecule is CC(C)CCC(CCC(C)C)C(=O)OCc1ccccc1. The van der Waals surface area contributed by atoms with Gasteiger partial charge in [0.15, 0.2) is 0 Å². The van der Waals surface area contributed by atoms with Crippen LogP contribution in [0.1, 0.15) is 58.9 Å². The summed E-state index contributed by atoms with van der Waals surface area (Å²) < 4.78 is 5.52. The van der Waals surface area contributed by atoms with E-state index in [4.69, 9.17) is 4.74 Å². The number of carbonyl (C=O) groups is 1. The van der Waals surface area contributed by atoms with Gasteiger partial charge in [0.05, 0.1) is 5.92 Å². The first-order valence-corrected chi connectivity index (χ1v) is 8.19. The first-order valence-electron chi connectivity index (χ1n) is 8.19. The first-order chi connectivity index (χ1) is 9.99. The van der Waals surface area contributed by atoms with Crippen LogP contribution in [0.5, 0.6) is 0 Å². The molecular formula is C19H30O2. The van der Waals surface area contributed by atoms with Gasteiger partial charge in [-0.1, -0.05) is 70.9 Å². The van der Waals surface area contributed by atoms with Crippen molar-refractivity contribution in [1.82, 2.24) is 0 Å². The molecule has 0 spiro atoms. The van der Waals surface area contributed by atoms with Gasteiger partial charge in [0.1, 0.15) is 6.61 Å². The highest BCUT2D eigenvalue weighted by Crippen LogP contribution is 2.21. The molecule has 2 heteroatoms. The molecule has 0 radical (unpaired) electrons. The van der Waals surface area contributed by atoms with Gasteiger partial charge in [-0.05, 0) is 30.2 Å². The zero-order valence-electron chi connectivity index (χ0n) is 14.0. The minimum Gasteiger partial charge on any atom is -0.461 e. The quantitative estimate of drug-likeness (QED) is 0.583. The number of rotatable bonds is 9. The second kappa shape index (κ2) is 9.59. The fourth-order valence-electron chi connectivity index (χ4n) is 2.30. The zero-order chi connectivity index (χ0) is 15.7. The van der Waals surface area contributed by atoms with Gasteiger partial charge >= 0.3 is 5.97 Å². The molecule has 0 saturated carbocycles. The molecule has 0 atom stereocenters. The van der Waals surface area contributed by atoms with Crippen LogP contribution in [0, 0.1) is 17.8 Å². The number of benzene rings is 1. The van der Waals surface area contributed by atoms with Gasteiger partial charge in [0.2, 0.25) is 0 Å². The second-order valence-corrected chi connectivity index (χ2v) is 6.73. The van der Waals surface area contributed by atoms with Crippen molar-refractivity contribution in [2.24, 2.45) is 17.8 Å². The minimum absolute atomic E-state index is 0.0276. The van der Waals surface area contributed by atoms with Crippen LogP contribution < -0.4 is 0 Å². The highest BCUT2D eigenvalue weighted by Gasteiger charge is 2.20. The van der Waals surface area contributed by atoms with Gasteiger partial charge in [0.25, 0.3) is 0 Å². The third-order valence-corrected chi connectivity index (χ3v) is 3.74. The Labute approximate surface area is 129 Å². The lowest BCUT2D eigenvalue weighted by atomic mass is 9.91. The largest absolute Gasteiger partial charge is 0.461 e. The average molecular weight is 290 g/mol. The lowest BCUT2D eigenvalue weighted by Gasteiger charge is -2.18. The first kappa shape index (κ1) is 17.7. The van der Waals surface area contributed by atoms with Gasteiger partial charge in [-0.25, -0.2) is 0 Å². The summed E-state index contributed by atoms with van der Waals surface area (Å²) in [5.41, 5.74) is 1.05. The van der Waals surface area contributed by atoms with E-state index in [-0.39, 0.29) is 11.9 Å². The molecule has 21 heavy (non-hydrogen) atoms. The molecular weight excluding hydrogens is 260 g/mol. The summed E-state index contributed by atoms with van der Waals surface area (Å²) in [7, 11) is 0. The predicted octanol–water partition coefficient (Wildman–Crippen LogP) is 5.22. The van der Waals surface area contributed by atoms with Crippen LogP contribution in [-0.4, -0.2) is 5.97 Å². The van der Waals surface area contributed by atoms with Crippen LogP contribution in [0.4, 0.5) is 0 Å². The molecule has 0 N–H and O–H groups in total. The van der Waals surface area contributed by atoms with E-state index in [9.17, 15) is 4.79 Å². The molecule has 1 aromatic carbocycles. The van der Waals surface area contributed by atoms with E-state index >= 15 is 0 Å². The smallest absolute Gasteiger partial charge is 0.309 e. The maximum absolute atomic E-state index is 12.3. The Balaban J connectivity index is 2.48. The van der Waals surface area contributed by atoms with Crippen LogP contribution in [0.3, 0.4) is 0 Å². The maximum atomic E-state index is 12.3. The van der Waals surface area contributed by atoms with Crippen LogP contribution >= 0.6 is 0 Å². The van der Waals surface area contributed by atoms with E-state index in [0.29, 0.717) is 18.4 Å². The molecule has 0 aromatic heterocycles. The Bertz CT molecular complexity index is 383. The van der Waals surface area contributed by atoms with Crippen molar-refractivity contribution in [3.8, 4) is 0 Å². The third kappa shape index (κ3) is 7.89. The third-order valence-electron chi connectivity index (χ3n) is 3.74. The Morgan fingerprint density at radius 2 is 1.43 bits per heavy atom. The van der Waals surface area contributed by atoms with Crippen LogP contribution in [0.25, 0.3) is 0 Å². The molecule has 0 unspecified atom stereocenters. The standard InChI is InChI=1S/C19H30O2/c1-15(2)10-12-18(13-11-16(3)4)19(20)21-14-17-8-6-5-7-9-17/h5-9,15-16,18H,10-14H2,1-4H3. The van der Waals surface area contributed by atoms with Crippen molar-refractivity contribution in [3.63, 3.8) is 0 Å². The van der Waals surface area contributed by atoms with E-state index < -0.39 is 0 Å². The van der Waals surface area contributed by atoms with E-state index in [2.05, 4.69) is 27.7 Å². The Kier molecular flexibility index (Phi) is 8.11. The molecule has 1 rings (SSSR count). The number of carbonyl (C=O) groups excluding carboxylic acids is 1. The molecule has 0 aliphatic heterocycles. The maximum Gasteiger partial charge on any atom is 0.309 e. The van der Waals surface area contributed by atoms with Gasteiger partial charge < -0.3 is 4.74 Å². The van der Waals surface area contributed by atoms with Gasteiger partial charge in [-0.2, -0.15) is 0 Å². The van der Waals surface area contributed by atoms with E-state index in [1.807, 2.05) is 30.3 Å². The van der Waals surface area contributed by atoms with E-state index in [1.165, 1.54) is 0 Å². The van der Waals surface area contributed by atoms with Crippen LogP contribution in [0.15, 0.2) is 30.3 Å². The van der Waals surface area contributed by atoms with E-state index in [0.717, 1.165) is 31.2 Å². The number of ether oxygens (including phenoxy) is 1. The topological polar surface area (TPSA) is 26.3 Å². The normalized spacial score (nSPS) is 11.4. The molecule has 0 aliphatic carbocycles. The molecule has 2 nitrogen and oxygen atoms in total. The summed E-state index contributed by atoms with van der Waals surface area (Å²) in [6.07, 6.45) is 4.06. The lowest BCUT2D eigenvalue weighted by Crippen LogP contribution is -2.19. The van der Waals surface area contributed by atoms with Crippen molar-refractivity contribution in [1.29, 1.82) is 0 Å². The highest BCUT2D eigenvalue weighted by atomic mass is 16.5. The zero-order valence-corrected chi connectivity index (χ0v) is 14.0. The average Bonchev–Trinajstić information content (AvgIpc) is 2.45. The van der Waals surface area contributed by atoms with Crippen molar-refractivity contribution < 1.29 is 9.53 Å². The number of esters is 1. The van der Waals surface area contributed by atoms with Crippen molar-refractivity contribution in [2.45, 2.75) is 60.0 Å². The van der Waals surface area contributed by atoms with Gasteiger partial charge in [0, 0.05) is 0 Å². The monoisotopic (exact) mass is 290 g/mol. The fourth-order valence-corrected chi connectivity index (χ4v) is 2.30. The van der Waals surface area contributed by atoms with Crippen molar-refractivity contribution in [2.75, 3.05) is 0 Å². The molecule has 0 fully saturated rings. The molecule has 0 bridgehead atoms. The lowest BCUT2D eigenvalue weighted by molar-refractivity contribution is -0.150. The molecule has 0 heterocycles. The predicted molar refractivity (Wildman–Crippen MR) is 87.9 cm³/mol. The molecule has 0 aliphatic rings. The molecule has 0 saturated heterocycles. The van der Waals surface area contributed by atoms with Crippen molar-refractivity contribution in [3.05, 3.63) is 35.9 Å². The Morgan fingerprint density at radius 1 is 0.905 bits per heavy atom. The molecule has 0 amide bonds. The second-order valence-electron chi connectivity index (χ2n) is 6.73.